The van der Waals surface area contributed by atoms with Gasteiger partial charge in [-0.3, -0.25) is 18.5 Å². The van der Waals surface area contributed by atoms with Gasteiger partial charge in [-0.25, -0.2) is 13.4 Å². The Morgan fingerprint density at radius 3 is 2.88 bits per heavy atom. The number of aromatic nitrogens is 4. The number of ether oxygens (including phenoxy) is 1. The first-order valence-electron chi connectivity index (χ1n) is 6.51. The third kappa shape index (κ3) is 2.97. The molecule has 0 saturated carbocycles. The molecule has 1 aliphatic heterocycles. The Labute approximate surface area is 135 Å². The minimum Gasteiger partial charge on any atom is -0.726 e. The molecule has 0 radical (unpaired) electrons. The molecule has 14 heteroatoms. The normalized spacial score (nSPS) is 27.8. The van der Waals surface area contributed by atoms with Crippen molar-refractivity contribution in [1.29, 1.82) is 0 Å². The van der Waals surface area contributed by atoms with E-state index in [1.54, 1.807) is 0 Å². The monoisotopic (exact) mass is 363 g/mol. The van der Waals surface area contributed by atoms with Crippen LogP contribution in [0.2, 0.25) is 0 Å². The highest BCUT2D eigenvalue weighted by Crippen LogP contribution is 2.31. The van der Waals surface area contributed by atoms with E-state index in [0.717, 1.165) is 10.9 Å². The molecule has 0 unspecified atom stereocenters. The van der Waals surface area contributed by atoms with Crippen LogP contribution >= 0.6 is 0 Å². The quantitative estimate of drug-likeness (QED) is 0.316. The smallest absolute Gasteiger partial charge is 0.726 e. The van der Waals surface area contributed by atoms with E-state index in [4.69, 9.17) is 10.5 Å². The topological polar surface area (TPSA) is 206 Å². The number of nitrogens with zero attached hydrogens (tertiary/aromatic N) is 3. The van der Waals surface area contributed by atoms with E-state index in [0.29, 0.717) is 0 Å². The van der Waals surface area contributed by atoms with Gasteiger partial charge >= 0.3 is 1.43 Å². The maximum absolute atomic E-state index is 11.7. The molecule has 3 rings (SSSR count). The molecule has 0 aliphatic carbocycles. The molecule has 3 heterocycles. The number of nitrogens with two attached hydrogens (primary N) is 1. The van der Waals surface area contributed by atoms with Crippen molar-refractivity contribution in [3.8, 4) is 0 Å². The number of anilines is 1. The van der Waals surface area contributed by atoms with Crippen LogP contribution in [0.5, 0.6) is 0 Å². The van der Waals surface area contributed by atoms with Gasteiger partial charge < -0.3 is 25.2 Å². The van der Waals surface area contributed by atoms with Crippen LogP contribution in [0.25, 0.3) is 11.2 Å². The van der Waals surface area contributed by atoms with Gasteiger partial charge in [-0.1, -0.05) is 0 Å². The first kappa shape index (κ1) is 16.7. The van der Waals surface area contributed by atoms with Gasteiger partial charge in [0.25, 0.3) is 5.56 Å². The predicted octanol–water partition coefficient (Wildman–Crippen LogP) is -3.09. The number of hydrogen-bond donors (Lipinski definition) is 4. The molecular weight excluding hydrogens is 350 g/mol. The lowest BCUT2D eigenvalue weighted by molar-refractivity contribution is -0.0479. The second-order valence-corrected chi connectivity index (χ2v) is 6.07. The Balaban J connectivity index is 0.00000225. The van der Waals surface area contributed by atoms with Crippen molar-refractivity contribution in [3.05, 3.63) is 16.7 Å². The zero-order valence-corrected chi connectivity index (χ0v) is 12.6. The lowest BCUT2D eigenvalue weighted by atomic mass is 10.1. The zero-order valence-electron chi connectivity index (χ0n) is 12.8. The summed E-state index contributed by atoms with van der Waals surface area (Å²) in [5, 5.41) is 20.0. The van der Waals surface area contributed by atoms with Crippen molar-refractivity contribution in [2.45, 2.75) is 24.5 Å². The summed E-state index contributed by atoms with van der Waals surface area (Å²) in [7, 11) is -4.99. The second kappa shape index (κ2) is 5.76. The lowest BCUT2D eigenvalue weighted by Gasteiger charge is -2.16. The van der Waals surface area contributed by atoms with Crippen LogP contribution in [0.3, 0.4) is 0 Å². The highest BCUT2D eigenvalue weighted by Gasteiger charge is 2.44. The molecule has 132 valence electrons. The molecule has 0 bridgehead atoms. The fourth-order valence-corrected chi connectivity index (χ4v) is 2.68. The van der Waals surface area contributed by atoms with Crippen molar-refractivity contribution in [1.82, 2.24) is 19.5 Å². The maximum Gasteiger partial charge on any atom is 1.00 e. The summed E-state index contributed by atoms with van der Waals surface area (Å²) in [5.74, 6) is -0.195. The van der Waals surface area contributed by atoms with E-state index in [1.807, 2.05) is 0 Å². The van der Waals surface area contributed by atoms with E-state index in [2.05, 4.69) is 19.1 Å². The lowest BCUT2D eigenvalue weighted by Crippen LogP contribution is -2.34. The van der Waals surface area contributed by atoms with Crippen LogP contribution in [0.15, 0.2) is 11.1 Å². The van der Waals surface area contributed by atoms with Crippen molar-refractivity contribution in [2.75, 3.05) is 12.3 Å². The molecule has 0 spiro atoms. The van der Waals surface area contributed by atoms with Crippen LogP contribution in [0.4, 0.5) is 5.95 Å². The molecule has 0 aromatic carbocycles. The maximum atomic E-state index is 11.7. The number of imidazole rings is 1. The average Bonchev–Trinajstić information content (AvgIpc) is 3.00. The van der Waals surface area contributed by atoms with Gasteiger partial charge in [0.05, 0.1) is 12.9 Å². The van der Waals surface area contributed by atoms with Crippen LogP contribution in [0.1, 0.15) is 7.65 Å². The molecule has 0 amide bonds. The van der Waals surface area contributed by atoms with Crippen molar-refractivity contribution >= 4 is 27.5 Å². The molecule has 1 fully saturated rings. The largest absolute Gasteiger partial charge is 1.00 e. The molecule has 1 aliphatic rings. The van der Waals surface area contributed by atoms with Crippen LogP contribution < -0.4 is 11.3 Å². The number of nitrogen functional groups attached to an aromatic ring is 1. The van der Waals surface area contributed by atoms with Gasteiger partial charge in [-0.2, -0.15) is 4.98 Å². The summed E-state index contributed by atoms with van der Waals surface area (Å²) < 4.78 is 41.9. The minimum absolute atomic E-state index is 0. The van der Waals surface area contributed by atoms with E-state index in [-0.39, 0.29) is 18.5 Å². The first-order valence-corrected chi connectivity index (χ1v) is 7.85. The predicted molar refractivity (Wildman–Crippen MR) is 75.2 cm³/mol. The van der Waals surface area contributed by atoms with Crippen molar-refractivity contribution in [3.63, 3.8) is 0 Å². The number of nitrogens with one attached hydrogen (secondary N) is 1. The summed E-state index contributed by atoms with van der Waals surface area (Å²) in [6, 6.07) is 0. The van der Waals surface area contributed by atoms with Crippen LogP contribution in [-0.2, 0) is 19.3 Å². The number of aliphatic hydroxyl groups is 2. The number of hydrogen-bond acceptors (Lipinski definition) is 11. The third-order valence-electron chi connectivity index (χ3n) is 3.44. The average molecular weight is 363 g/mol. The zero-order chi connectivity index (χ0) is 17.6. The van der Waals surface area contributed by atoms with Gasteiger partial charge in [0.1, 0.15) is 18.3 Å². The molecule has 1 saturated heterocycles. The number of aliphatic hydroxyl groups excluding tert-OH is 2. The minimum atomic E-state index is -4.99. The van der Waals surface area contributed by atoms with Gasteiger partial charge in [-0.05, 0) is 0 Å². The van der Waals surface area contributed by atoms with Gasteiger partial charge in [-0.15, -0.1) is 0 Å². The summed E-state index contributed by atoms with van der Waals surface area (Å²) >= 11 is 0. The number of H-pyrrole nitrogens is 1. The summed E-state index contributed by atoms with van der Waals surface area (Å²) in [6.45, 7) is -0.788. The molecular formula is C10H13N5O8S. The Kier molecular flexibility index (Phi) is 4.02. The fraction of sp³-hybridized carbons (Fsp3) is 0.500. The standard InChI is InChI=1S/C10H13N5O8S/c11-10-13-7-4(8(18)14-10)12-2-15(7)9-6(17)5(16)3(23-9)1-22-24(19,20)21/h2-3,5-6,9,16-17H,1H2,(H,19,20,21)(H3,11,13,14,18)/t3-,5-,6+,9-/m1/s1. The summed E-state index contributed by atoms with van der Waals surface area (Å²) in [6.07, 6.45) is -4.48. The molecule has 2 aromatic heterocycles. The molecule has 13 nitrogen and oxygen atoms in total. The van der Waals surface area contributed by atoms with Crippen molar-refractivity contribution in [2.24, 2.45) is 0 Å². The number of rotatable bonds is 4. The number of aromatic amines is 1. The Morgan fingerprint density at radius 1 is 1.50 bits per heavy atom. The first-order chi connectivity index (χ1) is 11.2. The summed E-state index contributed by atoms with van der Waals surface area (Å²) in [5.41, 5.74) is 4.76. The van der Waals surface area contributed by atoms with E-state index in [1.165, 1.54) is 0 Å². The van der Waals surface area contributed by atoms with E-state index >= 15 is 0 Å². The van der Waals surface area contributed by atoms with E-state index < -0.39 is 47.1 Å². The van der Waals surface area contributed by atoms with Crippen LogP contribution in [-0.4, -0.2) is 67.6 Å². The molecule has 4 atom stereocenters. The highest BCUT2D eigenvalue weighted by molar-refractivity contribution is 7.80. The van der Waals surface area contributed by atoms with Crippen LogP contribution in [0, 0.1) is 0 Å². The molecule has 24 heavy (non-hydrogen) atoms. The van der Waals surface area contributed by atoms with E-state index in [9.17, 15) is 28.0 Å². The van der Waals surface area contributed by atoms with Gasteiger partial charge in [0, 0.05) is 0 Å². The SMILES string of the molecule is Nc1nc2c(ncn2[C@@H]2O[C@H](COS(=O)(=O)[O-])[C@@H](O)[C@@H]2O)c(=O)[nH]1.[H+]. The Morgan fingerprint density at radius 2 is 2.21 bits per heavy atom. The number of fused-ring (bicyclic) bond motifs is 1. The Hall–Kier alpha value is -2.10. The summed E-state index contributed by atoms with van der Waals surface area (Å²) in [4.78, 5) is 21.7. The second-order valence-electron chi connectivity index (χ2n) is 5.01. The van der Waals surface area contributed by atoms with Crippen molar-refractivity contribution < 1.29 is 33.5 Å². The highest BCUT2D eigenvalue weighted by atomic mass is 32.3. The Bertz CT molecular complexity index is 929. The van der Waals surface area contributed by atoms with Gasteiger partial charge in [0.15, 0.2) is 17.4 Å². The molecule has 2 aromatic rings. The molecule has 5 N–H and O–H groups in total. The van der Waals surface area contributed by atoms with Gasteiger partial charge in [0.2, 0.25) is 16.3 Å². The third-order valence-corrected chi connectivity index (χ3v) is 3.86. The fourth-order valence-electron chi connectivity index (χ4n) is 2.38.